The number of nitrogens with zero attached hydrogens (tertiary/aromatic N) is 1. The van der Waals surface area contributed by atoms with E-state index in [-0.39, 0.29) is 0 Å². The SMILES string of the molecule is CC(C)c1c[nH]c(=S)n1CC(C)(C)S(C)(=O)=O. The van der Waals surface area contributed by atoms with Crippen LogP contribution >= 0.6 is 12.2 Å². The van der Waals surface area contributed by atoms with Gasteiger partial charge in [0, 0.05) is 24.7 Å². The second-order valence-electron chi connectivity index (χ2n) is 5.29. The second kappa shape index (κ2) is 4.57. The van der Waals surface area contributed by atoms with Crippen molar-refractivity contribution in [3.05, 3.63) is 16.7 Å². The molecule has 0 unspecified atom stereocenters. The van der Waals surface area contributed by atoms with E-state index in [1.54, 1.807) is 13.8 Å². The van der Waals surface area contributed by atoms with Gasteiger partial charge in [-0.2, -0.15) is 0 Å². The van der Waals surface area contributed by atoms with E-state index in [1.165, 1.54) is 6.26 Å². The monoisotopic (exact) mass is 276 g/mol. The summed E-state index contributed by atoms with van der Waals surface area (Å²) in [6.07, 6.45) is 3.11. The normalized spacial score (nSPS) is 13.3. The second-order valence-corrected chi connectivity index (χ2v) is 8.33. The smallest absolute Gasteiger partial charge is 0.177 e. The Hall–Kier alpha value is -0.620. The summed E-state index contributed by atoms with van der Waals surface area (Å²) >= 11 is 5.20. The maximum absolute atomic E-state index is 11.7. The zero-order valence-corrected chi connectivity index (χ0v) is 12.6. The van der Waals surface area contributed by atoms with Gasteiger partial charge in [-0.05, 0) is 32.0 Å². The molecule has 1 heterocycles. The number of rotatable bonds is 4. The first kappa shape index (κ1) is 14.4. The van der Waals surface area contributed by atoms with E-state index >= 15 is 0 Å². The third-order valence-corrected chi connectivity index (χ3v) is 5.51. The molecule has 0 atom stereocenters. The largest absolute Gasteiger partial charge is 0.337 e. The van der Waals surface area contributed by atoms with Gasteiger partial charge in [-0.25, -0.2) is 8.42 Å². The number of aromatic amines is 1. The topological polar surface area (TPSA) is 54.9 Å². The van der Waals surface area contributed by atoms with E-state index in [1.807, 2.05) is 10.8 Å². The van der Waals surface area contributed by atoms with E-state index in [0.717, 1.165) is 5.69 Å². The van der Waals surface area contributed by atoms with E-state index in [9.17, 15) is 8.42 Å². The minimum absolute atomic E-state index is 0.304. The van der Waals surface area contributed by atoms with Crippen LogP contribution in [0, 0.1) is 4.77 Å². The van der Waals surface area contributed by atoms with E-state index in [0.29, 0.717) is 17.2 Å². The molecule has 1 aromatic rings. The lowest BCUT2D eigenvalue weighted by molar-refractivity contribution is 0.488. The summed E-state index contributed by atoms with van der Waals surface area (Å²) in [7, 11) is -3.12. The van der Waals surface area contributed by atoms with Gasteiger partial charge in [0.05, 0.1) is 4.75 Å². The standard InChI is InChI=1S/C11H20N2O2S2/c1-8(2)9-6-12-10(16)13(9)7-11(3,4)17(5,14)15/h6,8H,7H2,1-5H3,(H,12,16). The van der Waals surface area contributed by atoms with Gasteiger partial charge >= 0.3 is 0 Å². The summed E-state index contributed by atoms with van der Waals surface area (Å²) in [5.41, 5.74) is 1.03. The molecule has 0 aliphatic carbocycles. The van der Waals surface area contributed by atoms with Crippen LogP contribution in [-0.2, 0) is 16.4 Å². The molecule has 1 N–H and O–H groups in total. The highest BCUT2D eigenvalue weighted by Gasteiger charge is 2.31. The lowest BCUT2D eigenvalue weighted by Gasteiger charge is -2.24. The number of hydrogen-bond donors (Lipinski definition) is 1. The van der Waals surface area contributed by atoms with Gasteiger partial charge in [0.2, 0.25) is 0 Å². The van der Waals surface area contributed by atoms with Crippen molar-refractivity contribution in [3.8, 4) is 0 Å². The van der Waals surface area contributed by atoms with Gasteiger partial charge in [0.15, 0.2) is 14.6 Å². The molecule has 6 heteroatoms. The Morgan fingerprint density at radius 3 is 2.41 bits per heavy atom. The fourth-order valence-corrected chi connectivity index (χ4v) is 2.14. The van der Waals surface area contributed by atoms with Crippen molar-refractivity contribution in [2.75, 3.05) is 6.26 Å². The minimum Gasteiger partial charge on any atom is -0.337 e. The zero-order valence-electron chi connectivity index (χ0n) is 10.9. The average Bonchev–Trinajstić information content (AvgIpc) is 2.45. The Morgan fingerprint density at radius 2 is 2.00 bits per heavy atom. The number of aromatic nitrogens is 2. The fraction of sp³-hybridized carbons (Fsp3) is 0.727. The Kier molecular flexibility index (Phi) is 3.88. The van der Waals surface area contributed by atoms with E-state index in [4.69, 9.17) is 12.2 Å². The molecule has 0 aliphatic rings. The first-order chi connectivity index (χ1) is 7.56. The van der Waals surface area contributed by atoms with Crippen molar-refractivity contribution < 1.29 is 8.42 Å². The van der Waals surface area contributed by atoms with Crippen LogP contribution in [0.4, 0.5) is 0 Å². The molecule has 0 amide bonds. The third kappa shape index (κ3) is 2.98. The Morgan fingerprint density at radius 1 is 1.47 bits per heavy atom. The predicted octanol–water partition coefficient (Wildman–Crippen LogP) is 2.49. The van der Waals surface area contributed by atoms with Crippen molar-refractivity contribution in [2.24, 2.45) is 0 Å². The minimum atomic E-state index is -3.12. The first-order valence-corrected chi connectivity index (χ1v) is 7.84. The van der Waals surface area contributed by atoms with Crippen molar-refractivity contribution >= 4 is 22.1 Å². The van der Waals surface area contributed by atoms with Crippen LogP contribution in [0.5, 0.6) is 0 Å². The molecule has 0 radical (unpaired) electrons. The molecule has 17 heavy (non-hydrogen) atoms. The summed E-state index contributed by atoms with van der Waals surface area (Å²) in [6, 6.07) is 0. The van der Waals surface area contributed by atoms with Crippen LogP contribution < -0.4 is 0 Å². The third-order valence-electron chi connectivity index (χ3n) is 3.03. The molecule has 0 aromatic carbocycles. The number of sulfone groups is 1. The molecule has 0 aliphatic heterocycles. The number of nitrogens with one attached hydrogen (secondary N) is 1. The maximum atomic E-state index is 11.7. The van der Waals surface area contributed by atoms with E-state index in [2.05, 4.69) is 18.8 Å². The molecule has 1 rings (SSSR count). The summed E-state index contributed by atoms with van der Waals surface area (Å²) in [5.74, 6) is 0.304. The zero-order chi connectivity index (χ0) is 13.4. The van der Waals surface area contributed by atoms with Crippen LogP contribution in [-0.4, -0.2) is 29.0 Å². The summed E-state index contributed by atoms with van der Waals surface area (Å²) in [5, 5.41) is 0. The van der Waals surface area contributed by atoms with Gasteiger partial charge in [0.25, 0.3) is 0 Å². The molecule has 0 saturated heterocycles. The van der Waals surface area contributed by atoms with Crippen LogP contribution in [0.15, 0.2) is 6.20 Å². The molecular formula is C11H20N2O2S2. The first-order valence-electron chi connectivity index (χ1n) is 5.54. The quantitative estimate of drug-likeness (QED) is 0.860. The highest BCUT2D eigenvalue weighted by molar-refractivity contribution is 7.92. The van der Waals surface area contributed by atoms with Gasteiger partial charge in [0.1, 0.15) is 0 Å². The van der Waals surface area contributed by atoms with Gasteiger partial charge in [-0.15, -0.1) is 0 Å². The molecule has 0 spiro atoms. The van der Waals surface area contributed by atoms with Crippen LogP contribution in [0.2, 0.25) is 0 Å². The summed E-state index contributed by atoms with van der Waals surface area (Å²) in [6.45, 7) is 7.94. The summed E-state index contributed by atoms with van der Waals surface area (Å²) < 4.78 is 25.1. The fourth-order valence-electron chi connectivity index (χ4n) is 1.55. The molecular weight excluding hydrogens is 256 g/mol. The van der Waals surface area contributed by atoms with Crippen LogP contribution in [0.25, 0.3) is 0 Å². The highest BCUT2D eigenvalue weighted by Crippen LogP contribution is 2.22. The van der Waals surface area contributed by atoms with Crippen molar-refractivity contribution in [2.45, 2.75) is 44.9 Å². The van der Waals surface area contributed by atoms with Crippen LogP contribution in [0.1, 0.15) is 39.3 Å². The number of hydrogen-bond acceptors (Lipinski definition) is 3. The van der Waals surface area contributed by atoms with Crippen molar-refractivity contribution in [1.29, 1.82) is 0 Å². The Balaban J connectivity index is 3.21. The molecule has 0 bridgehead atoms. The molecule has 0 fully saturated rings. The highest BCUT2D eigenvalue weighted by atomic mass is 32.2. The van der Waals surface area contributed by atoms with Gasteiger partial charge < -0.3 is 9.55 Å². The number of H-pyrrole nitrogens is 1. The number of imidazole rings is 1. The maximum Gasteiger partial charge on any atom is 0.177 e. The van der Waals surface area contributed by atoms with Gasteiger partial charge in [-0.3, -0.25) is 0 Å². The molecule has 4 nitrogen and oxygen atoms in total. The Labute approximate surface area is 108 Å². The van der Waals surface area contributed by atoms with E-state index < -0.39 is 14.6 Å². The van der Waals surface area contributed by atoms with Crippen molar-refractivity contribution in [3.63, 3.8) is 0 Å². The average molecular weight is 276 g/mol. The lowest BCUT2D eigenvalue weighted by Crippen LogP contribution is -2.36. The predicted molar refractivity (Wildman–Crippen MR) is 72.6 cm³/mol. The van der Waals surface area contributed by atoms with Crippen LogP contribution in [0.3, 0.4) is 0 Å². The summed E-state index contributed by atoms with van der Waals surface area (Å²) in [4.78, 5) is 2.98. The molecule has 98 valence electrons. The van der Waals surface area contributed by atoms with Crippen molar-refractivity contribution in [1.82, 2.24) is 9.55 Å². The van der Waals surface area contributed by atoms with Gasteiger partial charge in [-0.1, -0.05) is 13.8 Å². The molecule has 0 saturated carbocycles. The lowest BCUT2D eigenvalue weighted by atomic mass is 10.1. The molecule has 1 aromatic heterocycles. The Bertz CT molecular complexity index is 550.